The lowest BCUT2D eigenvalue weighted by atomic mass is 10.1. The smallest absolute Gasteiger partial charge is 0.126 e. The standard InChI is InChI=1S/C11H22N2O/c1-3-7-10(14-2)11(12)13-8-5-4-6-9-13/h10,12H,3-9H2,1-2H3. The van der Waals surface area contributed by atoms with E-state index in [-0.39, 0.29) is 6.10 Å². The Balaban J connectivity index is 2.43. The molecule has 1 saturated heterocycles. The van der Waals surface area contributed by atoms with E-state index in [1.165, 1.54) is 19.3 Å². The first-order chi connectivity index (χ1) is 6.79. The Morgan fingerprint density at radius 2 is 2.00 bits per heavy atom. The summed E-state index contributed by atoms with van der Waals surface area (Å²) in [5.41, 5.74) is 0. The van der Waals surface area contributed by atoms with Gasteiger partial charge in [-0.25, -0.2) is 0 Å². The summed E-state index contributed by atoms with van der Waals surface area (Å²) in [5, 5.41) is 8.04. The Bertz CT molecular complexity index is 169. The predicted molar refractivity (Wildman–Crippen MR) is 58.9 cm³/mol. The molecule has 0 aromatic carbocycles. The predicted octanol–water partition coefficient (Wildman–Crippen LogP) is 2.26. The summed E-state index contributed by atoms with van der Waals surface area (Å²) in [4.78, 5) is 2.17. The highest BCUT2D eigenvalue weighted by molar-refractivity contribution is 5.83. The minimum Gasteiger partial charge on any atom is -0.374 e. The van der Waals surface area contributed by atoms with Gasteiger partial charge in [0.2, 0.25) is 0 Å². The maximum Gasteiger partial charge on any atom is 0.126 e. The van der Waals surface area contributed by atoms with Crippen LogP contribution >= 0.6 is 0 Å². The number of methoxy groups -OCH3 is 1. The number of nitrogens with zero attached hydrogens (tertiary/aromatic N) is 1. The molecule has 14 heavy (non-hydrogen) atoms. The van der Waals surface area contributed by atoms with Gasteiger partial charge in [-0.1, -0.05) is 13.3 Å². The molecule has 1 unspecified atom stereocenters. The lowest BCUT2D eigenvalue weighted by molar-refractivity contribution is 0.131. The van der Waals surface area contributed by atoms with Crippen LogP contribution in [0.25, 0.3) is 0 Å². The summed E-state index contributed by atoms with van der Waals surface area (Å²) in [6.45, 7) is 4.22. The summed E-state index contributed by atoms with van der Waals surface area (Å²) >= 11 is 0. The van der Waals surface area contributed by atoms with E-state index in [1.54, 1.807) is 7.11 Å². The van der Waals surface area contributed by atoms with E-state index in [0.29, 0.717) is 5.84 Å². The first-order valence-electron chi connectivity index (χ1n) is 5.65. The third-order valence-electron chi connectivity index (χ3n) is 2.84. The second kappa shape index (κ2) is 6.02. The summed E-state index contributed by atoms with van der Waals surface area (Å²) < 4.78 is 5.34. The number of rotatable bonds is 4. The largest absolute Gasteiger partial charge is 0.374 e. The first-order valence-corrected chi connectivity index (χ1v) is 5.65. The monoisotopic (exact) mass is 198 g/mol. The van der Waals surface area contributed by atoms with Gasteiger partial charge in [-0.2, -0.15) is 0 Å². The summed E-state index contributed by atoms with van der Waals surface area (Å²) in [7, 11) is 1.71. The van der Waals surface area contributed by atoms with Crippen LogP contribution in [0.15, 0.2) is 0 Å². The first kappa shape index (κ1) is 11.5. The summed E-state index contributed by atoms with van der Waals surface area (Å²) in [5.74, 6) is 0.689. The van der Waals surface area contributed by atoms with Gasteiger partial charge < -0.3 is 9.64 Å². The molecule has 1 aliphatic rings. The Morgan fingerprint density at radius 1 is 1.36 bits per heavy atom. The van der Waals surface area contributed by atoms with Crippen LogP contribution < -0.4 is 0 Å². The molecule has 0 aromatic rings. The zero-order valence-electron chi connectivity index (χ0n) is 9.38. The molecule has 0 radical (unpaired) electrons. The molecule has 0 aromatic heterocycles. The van der Waals surface area contributed by atoms with E-state index < -0.39 is 0 Å². The van der Waals surface area contributed by atoms with Gasteiger partial charge in [-0.15, -0.1) is 0 Å². The van der Waals surface area contributed by atoms with Gasteiger partial charge in [0.1, 0.15) is 11.9 Å². The van der Waals surface area contributed by atoms with Crippen molar-refractivity contribution in [2.45, 2.75) is 45.1 Å². The van der Waals surface area contributed by atoms with Gasteiger partial charge in [0, 0.05) is 20.2 Å². The van der Waals surface area contributed by atoms with Crippen molar-refractivity contribution < 1.29 is 4.74 Å². The van der Waals surface area contributed by atoms with Crippen molar-refractivity contribution >= 4 is 5.84 Å². The van der Waals surface area contributed by atoms with Crippen LogP contribution in [0.2, 0.25) is 0 Å². The quantitative estimate of drug-likeness (QED) is 0.555. The molecule has 1 fully saturated rings. The fraction of sp³-hybridized carbons (Fsp3) is 0.909. The number of nitrogens with one attached hydrogen (secondary N) is 1. The number of hydrogen-bond acceptors (Lipinski definition) is 2. The molecular formula is C11H22N2O. The molecule has 0 spiro atoms. The van der Waals surface area contributed by atoms with E-state index in [1.807, 2.05) is 0 Å². The van der Waals surface area contributed by atoms with Gasteiger partial charge in [0.25, 0.3) is 0 Å². The van der Waals surface area contributed by atoms with E-state index >= 15 is 0 Å². The number of likely N-dealkylation sites (tertiary alicyclic amines) is 1. The highest BCUT2D eigenvalue weighted by Gasteiger charge is 2.20. The second-order valence-corrected chi connectivity index (χ2v) is 3.95. The highest BCUT2D eigenvalue weighted by atomic mass is 16.5. The molecule has 1 N–H and O–H groups in total. The molecule has 82 valence electrons. The number of ether oxygens (including phenoxy) is 1. The van der Waals surface area contributed by atoms with Gasteiger partial charge >= 0.3 is 0 Å². The number of amidine groups is 1. The minimum atomic E-state index is 0.0121. The van der Waals surface area contributed by atoms with Crippen molar-refractivity contribution in [2.24, 2.45) is 0 Å². The van der Waals surface area contributed by atoms with Crippen molar-refractivity contribution in [3.63, 3.8) is 0 Å². The van der Waals surface area contributed by atoms with Crippen molar-refractivity contribution in [2.75, 3.05) is 20.2 Å². The fourth-order valence-electron chi connectivity index (χ4n) is 1.97. The van der Waals surface area contributed by atoms with E-state index in [4.69, 9.17) is 10.1 Å². The lowest BCUT2D eigenvalue weighted by Crippen LogP contribution is -2.42. The fourth-order valence-corrected chi connectivity index (χ4v) is 1.97. The zero-order chi connectivity index (χ0) is 10.4. The van der Waals surface area contributed by atoms with Crippen LogP contribution in [-0.2, 0) is 4.74 Å². The van der Waals surface area contributed by atoms with Crippen LogP contribution in [0.4, 0.5) is 0 Å². The Morgan fingerprint density at radius 3 is 2.50 bits per heavy atom. The van der Waals surface area contributed by atoms with Crippen molar-refractivity contribution in [1.29, 1.82) is 5.41 Å². The lowest BCUT2D eigenvalue weighted by Gasteiger charge is -2.32. The zero-order valence-corrected chi connectivity index (χ0v) is 9.38. The molecule has 1 rings (SSSR count). The average Bonchev–Trinajstić information content (AvgIpc) is 2.26. The molecule has 0 aliphatic carbocycles. The molecule has 0 bridgehead atoms. The Hall–Kier alpha value is -0.570. The van der Waals surface area contributed by atoms with Gasteiger partial charge in [-0.05, 0) is 25.7 Å². The maximum absolute atomic E-state index is 8.04. The minimum absolute atomic E-state index is 0.0121. The third-order valence-corrected chi connectivity index (χ3v) is 2.84. The van der Waals surface area contributed by atoms with Crippen molar-refractivity contribution in [3.8, 4) is 0 Å². The SMILES string of the molecule is CCCC(OC)C(=N)N1CCCCC1. The second-order valence-electron chi connectivity index (χ2n) is 3.95. The molecule has 1 aliphatic heterocycles. The Kier molecular flexibility index (Phi) is 4.94. The molecule has 3 heteroatoms. The van der Waals surface area contributed by atoms with E-state index in [9.17, 15) is 0 Å². The van der Waals surface area contributed by atoms with Crippen molar-refractivity contribution in [3.05, 3.63) is 0 Å². The molecular weight excluding hydrogens is 176 g/mol. The molecule has 1 heterocycles. The number of hydrogen-bond donors (Lipinski definition) is 1. The van der Waals surface area contributed by atoms with E-state index in [0.717, 1.165) is 25.9 Å². The Labute approximate surface area is 86.9 Å². The van der Waals surface area contributed by atoms with Crippen LogP contribution in [0.1, 0.15) is 39.0 Å². The van der Waals surface area contributed by atoms with Crippen LogP contribution in [0.3, 0.4) is 0 Å². The molecule has 3 nitrogen and oxygen atoms in total. The average molecular weight is 198 g/mol. The van der Waals surface area contributed by atoms with E-state index in [2.05, 4.69) is 11.8 Å². The van der Waals surface area contributed by atoms with Gasteiger partial charge in [0.15, 0.2) is 0 Å². The van der Waals surface area contributed by atoms with Gasteiger partial charge in [0.05, 0.1) is 0 Å². The summed E-state index contributed by atoms with van der Waals surface area (Å²) in [6, 6.07) is 0. The van der Waals surface area contributed by atoms with Crippen LogP contribution in [0.5, 0.6) is 0 Å². The molecule has 0 saturated carbocycles. The third kappa shape index (κ3) is 2.98. The molecule has 1 atom stereocenters. The topological polar surface area (TPSA) is 36.3 Å². The van der Waals surface area contributed by atoms with Crippen LogP contribution in [-0.4, -0.2) is 37.0 Å². The summed E-state index contributed by atoms with van der Waals surface area (Å²) in [6.07, 6.45) is 5.82. The molecule has 0 amide bonds. The normalized spacial score (nSPS) is 19.4. The highest BCUT2D eigenvalue weighted by Crippen LogP contribution is 2.13. The van der Waals surface area contributed by atoms with Gasteiger partial charge in [-0.3, -0.25) is 5.41 Å². The van der Waals surface area contributed by atoms with Crippen molar-refractivity contribution in [1.82, 2.24) is 4.90 Å². The number of piperidine rings is 1. The van der Waals surface area contributed by atoms with Crippen LogP contribution in [0, 0.1) is 5.41 Å². The maximum atomic E-state index is 8.04.